The first-order chi connectivity index (χ1) is 19.8. The number of hydrogen-bond donors (Lipinski definition) is 0. The van der Waals surface area contributed by atoms with Gasteiger partial charge in [0.25, 0.3) is 11.1 Å². The average Bonchev–Trinajstić information content (AvgIpc) is 3.24. The lowest BCUT2D eigenvalue weighted by atomic mass is 10.1. The smallest absolute Gasteiger partial charge is 0.294 e. The van der Waals surface area contributed by atoms with Crippen molar-refractivity contribution in [3.63, 3.8) is 0 Å². The van der Waals surface area contributed by atoms with Gasteiger partial charge in [-0.25, -0.2) is 0 Å². The molecule has 0 aliphatic carbocycles. The fourth-order valence-corrected chi connectivity index (χ4v) is 6.55. The zero-order chi connectivity index (χ0) is 28.9. The summed E-state index contributed by atoms with van der Waals surface area (Å²) in [6.07, 6.45) is 1.65. The van der Waals surface area contributed by atoms with Crippen LogP contribution in [-0.4, -0.2) is 66.7 Å². The van der Waals surface area contributed by atoms with Crippen molar-refractivity contribution in [3.05, 3.63) is 89.9 Å². The molecule has 11 heteroatoms. The summed E-state index contributed by atoms with van der Waals surface area (Å²) in [5, 5.41) is -0.448. The number of thioether (sulfide) groups is 1. The number of piperazine rings is 1. The maximum atomic E-state index is 13.1. The van der Waals surface area contributed by atoms with E-state index in [1.807, 2.05) is 60.7 Å². The summed E-state index contributed by atoms with van der Waals surface area (Å²) in [5.41, 5.74) is 2.85. The van der Waals surface area contributed by atoms with Gasteiger partial charge in [0.15, 0.2) is 11.5 Å². The first-order valence-corrected chi connectivity index (χ1v) is 15.9. The molecule has 8 nitrogen and oxygen atoms in total. The van der Waals surface area contributed by atoms with Gasteiger partial charge in [-0.3, -0.25) is 19.3 Å². The Hall–Kier alpha value is -2.78. The molecule has 2 aliphatic rings. The molecule has 0 unspecified atom stereocenters. The van der Waals surface area contributed by atoms with Crippen LogP contribution in [0.5, 0.6) is 11.5 Å². The molecule has 3 aromatic carbocycles. The summed E-state index contributed by atoms with van der Waals surface area (Å²) in [5.74, 6) is 0.434. The molecular formula is C30H27I2N3O5S. The molecule has 5 rings (SSSR count). The highest BCUT2D eigenvalue weighted by atomic mass is 127. The molecule has 0 aromatic heterocycles. The second kappa shape index (κ2) is 13.5. The van der Waals surface area contributed by atoms with E-state index in [-0.39, 0.29) is 17.4 Å². The lowest BCUT2D eigenvalue weighted by Crippen LogP contribution is -2.51. The highest BCUT2D eigenvalue weighted by molar-refractivity contribution is 14.1. The number of nitrogens with zero attached hydrogens (tertiary/aromatic N) is 3. The van der Waals surface area contributed by atoms with Gasteiger partial charge in [0.05, 0.1) is 15.6 Å². The summed E-state index contributed by atoms with van der Waals surface area (Å²) >= 11 is 5.27. The molecule has 3 amide bonds. The number of hydrogen-bond acceptors (Lipinski definition) is 7. The average molecular weight is 795 g/mol. The minimum Gasteiger partial charge on any atom is -0.493 e. The van der Waals surface area contributed by atoms with E-state index >= 15 is 0 Å². The van der Waals surface area contributed by atoms with Gasteiger partial charge >= 0.3 is 0 Å². The van der Waals surface area contributed by atoms with Gasteiger partial charge in [-0.05, 0) is 111 Å². The number of benzene rings is 3. The predicted octanol–water partition coefficient (Wildman–Crippen LogP) is 5.87. The van der Waals surface area contributed by atoms with Crippen LogP contribution in [0.15, 0.2) is 71.6 Å². The number of ether oxygens (including phenoxy) is 2. The number of rotatable bonds is 8. The lowest BCUT2D eigenvalue weighted by molar-refractivity contribution is -0.136. The third-order valence-electron chi connectivity index (χ3n) is 6.77. The Kier molecular flexibility index (Phi) is 9.75. The highest BCUT2D eigenvalue weighted by Gasteiger charge is 2.37. The van der Waals surface area contributed by atoms with E-state index in [1.165, 1.54) is 0 Å². The second-order valence-electron chi connectivity index (χ2n) is 9.42. The number of carbonyl (C=O) groups excluding carboxylic acids is 3. The van der Waals surface area contributed by atoms with Gasteiger partial charge in [0.1, 0.15) is 13.2 Å². The van der Waals surface area contributed by atoms with Crippen molar-refractivity contribution < 1.29 is 23.9 Å². The van der Waals surface area contributed by atoms with Gasteiger partial charge in [-0.2, -0.15) is 0 Å². The number of methoxy groups -OCH3 is 1. The Morgan fingerprint density at radius 2 is 1.68 bits per heavy atom. The van der Waals surface area contributed by atoms with Gasteiger partial charge in [0, 0.05) is 35.4 Å². The van der Waals surface area contributed by atoms with Crippen LogP contribution in [0.25, 0.3) is 6.08 Å². The lowest BCUT2D eigenvalue weighted by Gasteiger charge is -2.36. The van der Waals surface area contributed by atoms with Crippen molar-refractivity contribution >= 4 is 85.8 Å². The fraction of sp³-hybridized carbons (Fsp3) is 0.233. The van der Waals surface area contributed by atoms with Crippen molar-refractivity contribution in [2.75, 3.05) is 44.7 Å². The Labute approximate surface area is 270 Å². The van der Waals surface area contributed by atoms with E-state index in [1.54, 1.807) is 24.2 Å². The highest BCUT2D eigenvalue weighted by Crippen LogP contribution is 2.37. The molecule has 0 atom stereocenters. The van der Waals surface area contributed by atoms with E-state index < -0.39 is 11.1 Å². The minimum absolute atomic E-state index is 0.230. The first kappa shape index (κ1) is 29.7. The van der Waals surface area contributed by atoms with Crippen molar-refractivity contribution in [2.45, 2.75) is 6.61 Å². The molecule has 41 heavy (non-hydrogen) atoms. The van der Waals surface area contributed by atoms with Crippen LogP contribution in [0, 0.1) is 7.14 Å². The van der Waals surface area contributed by atoms with E-state index in [9.17, 15) is 14.4 Å². The largest absolute Gasteiger partial charge is 0.493 e. The monoisotopic (exact) mass is 795 g/mol. The van der Waals surface area contributed by atoms with E-state index in [0.717, 1.165) is 35.1 Å². The molecule has 0 radical (unpaired) electrons. The maximum absolute atomic E-state index is 13.1. The summed E-state index contributed by atoms with van der Waals surface area (Å²) < 4.78 is 13.6. The fourth-order valence-electron chi connectivity index (χ4n) is 4.58. The third-order valence-corrected chi connectivity index (χ3v) is 9.19. The molecule has 0 spiro atoms. The van der Waals surface area contributed by atoms with Gasteiger partial charge < -0.3 is 19.3 Å². The predicted molar refractivity (Wildman–Crippen MR) is 177 cm³/mol. The van der Waals surface area contributed by atoms with E-state index in [2.05, 4.69) is 50.1 Å². The summed E-state index contributed by atoms with van der Waals surface area (Å²) in [6, 6.07) is 21.8. The van der Waals surface area contributed by atoms with Crippen LogP contribution >= 0.6 is 56.9 Å². The standard InChI is InChI=1S/C30H27I2N3O5S/c1-39-25-16-21(15-24(32)28(25)40-19-20-7-9-22(31)10-8-20)17-26-29(37)35(30(38)41-26)18-27(36)34-13-11-33(12-14-34)23-5-3-2-4-6-23/h2-10,15-17H,11-14,18-19H2,1H3/b26-17+. The van der Waals surface area contributed by atoms with Crippen LogP contribution in [-0.2, 0) is 16.2 Å². The Balaban J connectivity index is 1.22. The third kappa shape index (κ3) is 7.17. The van der Waals surface area contributed by atoms with Gasteiger partial charge in [0.2, 0.25) is 5.91 Å². The molecular weight excluding hydrogens is 768 g/mol. The van der Waals surface area contributed by atoms with Crippen molar-refractivity contribution in [2.24, 2.45) is 0 Å². The Bertz CT molecular complexity index is 1480. The van der Waals surface area contributed by atoms with E-state index in [4.69, 9.17) is 9.47 Å². The van der Waals surface area contributed by atoms with Gasteiger partial charge in [-0.15, -0.1) is 0 Å². The number of carbonyl (C=O) groups is 3. The summed E-state index contributed by atoms with van der Waals surface area (Å²) in [7, 11) is 1.56. The summed E-state index contributed by atoms with van der Waals surface area (Å²) in [4.78, 5) is 44.1. The van der Waals surface area contributed by atoms with Crippen LogP contribution in [0.4, 0.5) is 10.5 Å². The van der Waals surface area contributed by atoms with Crippen molar-refractivity contribution in [3.8, 4) is 11.5 Å². The number of amides is 3. The van der Waals surface area contributed by atoms with E-state index in [0.29, 0.717) is 49.8 Å². The first-order valence-electron chi connectivity index (χ1n) is 12.9. The topological polar surface area (TPSA) is 79.4 Å². The molecule has 212 valence electrons. The SMILES string of the molecule is COc1cc(/C=C2/SC(=O)N(CC(=O)N3CCN(c4ccccc4)CC3)C2=O)cc(I)c1OCc1ccc(I)cc1. The summed E-state index contributed by atoms with van der Waals surface area (Å²) in [6.45, 7) is 2.59. The second-order valence-corrected chi connectivity index (χ2v) is 12.8. The number of para-hydroxylation sites is 1. The van der Waals surface area contributed by atoms with Crippen LogP contribution in [0.2, 0.25) is 0 Å². The quantitative estimate of drug-likeness (QED) is 0.209. The number of anilines is 1. The van der Waals surface area contributed by atoms with Crippen molar-refractivity contribution in [1.29, 1.82) is 0 Å². The molecule has 0 N–H and O–H groups in total. The Morgan fingerprint density at radius 3 is 2.37 bits per heavy atom. The Morgan fingerprint density at radius 1 is 0.976 bits per heavy atom. The number of imide groups is 1. The minimum atomic E-state index is -0.468. The normalized spacial score (nSPS) is 16.5. The maximum Gasteiger partial charge on any atom is 0.294 e. The van der Waals surface area contributed by atoms with Crippen molar-refractivity contribution in [1.82, 2.24) is 9.80 Å². The molecule has 0 bridgehead atoms. The molecule has 2 aliphatic heterocycles. The van der Waals surface area contributed by atoms with Crippen LogP contribution in [0.3, 0.4) is 0 Å². The molecule has 0 saturated carbocycles. The zero-order valence-electron chi connectivity index (χ0n) is 22.2. The van der Waals surface area contributed by atoms with Crippen LogP contribution < -0.4 is 14.4 Å². The molecule has 2 heterocycles. The van der Waals surface area contributed by atoms with Gasteiger partial charge in [-0.1, -0.05) is 30.3 Å². The molecule has 3 aromatic rings. The molecule has 2 saturated heterocycles. The zero-order valence-corrected chi connectivity index (χ0v) is 27.3. The van der Waals surface area contributed by atoms with Crippen LogP contribution in [0.1, 0.15) is 11.1 Å². The molecule has 2 fully saturated rings. The number of halogens is 2.